The van der Waals surface area contributed by atoms with E-state index >= 15 is 0 Å². The molecular weight excluding hydrogens is 256 g/mol. The first-order chi connectivity index (χ1) is 8.94. The van der Waals surface area contributed by atoms with E-state index < -0.39 is 0 Å². The Morgan fingerprint density at radius 1 is 1.26 bits per heavy atom. The zero-order chi connectivity index (χ0) is 13.9. The number of aryl methyl sites for hydroxylation is 1. The zero-order valence-electron chi connectivity index (χ0n) is 11.6. The number of hydrogen-bond donors (Lipinski definition) is 1. The maximum Gasteiger partial charge on any atom is 0.226 e. The molecule has 102 valence electrons. The van der Waals surface area contributed by atoms with E-state index in [0.717, 1.165) is 22.8 Å². The molecule has 2 aromatic rings. The lowest BCUT2D eigenvalue weighted by molar-refractivity contribution is 0.573. The molecule has 4 heteroatoms. The lowest BCUT2D eigenvalue weighted by atomic mass is 10.1. The Bertz CT molecular complexity index is 526. The summed E-state index contributed by atoms with van der Waals surface area (Å²) in [4.78, 5) is 4.50. The molecule has 0 atom stereocenters. The highest BCUT2D eigenvalue weighted by Gasteiger charge is 2.12. The second-order valence-electron chi connectivity index (χ2n) is 5.49. The van der Waals surface area contributed by atoms with Crippen LogP contribution < -0.4 is 5.73 Å². The number of thioether (sulfide) groups is 1. The first-order valence-electron chi connectivity index (χ1n) is 6.32. The minimum absolute atomic E-state index is 0.145. The van der Waals surface area contributed by atoms with E-state index in [-0.39, 0.29) is 5.54 Å². The number of rotatable bonds is 5. The van der Waals surface area contributed by atoms with Gasteiger partial charge in [-0.05, 0) is 32.9 Å². The van der Waals surface area contributed by atoms with Gasteiger partial charge in [0, 0.05) is 22.6 Å². The van der Waals surface area contributed by atoms with Crippen LogP contribution in [0.1, 0.15) is 25.1 Å². The summed E-state index contributed by atoms with van der Waals surface area (Å²) in [6.45, 7) is 6.12. The minimum atomic E-state index is -0.145. The third-order valence-electron chi connectivity index (χ3n) is 2.57. The summed E-state index contributed by atoms with van der Waals surface area (Å²) >= 11 is 1.78. The average molecular weight is 276 g/mol. The number of aromatic nitrogens is 1. The quantitative estimate of drug-likeness (QED) is 0.906. The van der Waals surface area contributed by atoms with Crippen LogP contribution in [0.25, 0.3) is 11.5 Å². The van der Waals surface area contributed by atoms with Crippen LogP contribution >= 0.6 is 11.8 Å². The predicted molar refractivity (Wildman–Crippen MR) is 81.1 cm³/mol. The summed E-state index contributed by atoms with van der Waals surface area (Å²) in [7, 11) is 0. The maximum absolute atomic E-state index is 5.95. The monoisotopic (exact) mass is 276 g/mol. The fourth-order valence-electron chi connectivity index (χ4n) is 1.62. The third-order valence-corrected chi connectivity index (χ3v) is 4.02. The van der Waals surface area contributed by atoms with Gasteiger partial charge in [-0.25, -0.2) is 4.98 Å². The van der Waals surface area contributed by atoms with Crippen LogP contribution in [0.2, 0.25) is 0 Å². The summed E-state index contributed by atoms with van der Waals surface area (Å²) in [5.41, 5.74) is 9.01. The van der Waals surface area contributed by atoms with Gasteiger partial charge in [-0.2, -0.15) is 11.8 Å². The molecule has 0 aliphatic heterocycles. The molecule has 0 unspecified atom stereocenters. The summed E-state index contributed by atoms with van der Waals surface area (Å²) < 4.78 is 5.52. The molecule has 0 saturated carbocycles. The number of oxazole rings is 1. The van der Waals surface area contributed by atoms with Crippen molar-refractivity contribution in [1.82, 2.24) is 4.98 Å². The highest BCUT2D eigenvalue weighted by molar-refractivity contribution is 7.98. The summed E-state index contributed by atoms with van der Waals surface area (Å²) in [5, 5.41) is 0. The molecule has 2 rings (SSSR count). The van der Waals surface area contributed by atoms with Gasteiger partial charge in [0.1, 0.15) is 6.26 Å². The molecule has 0 fully saturated rings. The number of nitrogens with zero attached hydrogens (tertiary/aromatic N) is 1. The van der Waals surface area contributed by atoms with Crippen LogP contribution in [0.5, 0.6) is 0 Å². The largest absolute Gasteiger partial charge is 0.444 e. The van der Waals surface area contributed by atoms with Gasteiger partial charge in [0.05, 0.1) is 5.69 Å². The normalized spacial score (nSPS) is 11.8. The number of hydrogen-bond acceptors (Lipinski definition) is 4. The molecule has 19 heavy (non-hydrogen) atoms. The maximum atomic E-state index is 5.95. The Balaban J connectivity index is 1.97. The molecule has 0 saturated heterocycles. The minimum Gasteiger partial charge on any atom is -0.444 e. The van der Waals surface area contributed by atoms with E-state index in [2.05, 4.69) is 24.0 Å². The average Bonchev–Trinajstić information content (AvgIpc) is 2.77. The molecule has 1 aromatic heterocycles. The molecule has 0 bridgehead atoms. The van der Waals surface area contributed by atoms with Crippen LogP contribution in [-0.2, 0) is 5.75 Å². The fourth-order valence-corrected chi connectivity index (χ4v) is 2.59. The Labute approximate surface area is 118 Å². The van der Waals surface area contributed by atoms with Gasteiger partial charge in [0.2, 0.25) is 5.89 Å². The first kappa shape index (κ1) is 14.2. The lowest BCUT2D eigenvalue weighted by Gasteiger charge is -2.16. The van der Waals surface area contributed by atoms with Crippen molar-refractivity contribution in [3.05, 3.63) is 41.8 Å². The zero-order valence-corrected chi connectivity index (χ0v) is 12.5. The summed E-state index contributed by atoms with van der Waals surface area (Å²) in [5.74, 6) is 2.41. The SMILES string of the molecule is Cc1ccc(-c2nc(CSCC(C)(C)N)co2)cc1. The molecule has 0 spiro atoms. The standard InChI is InChI=1S/C15H20N2OS/c1-11-4-6-12(7-5-11)14-17-13(8-18-14)9-19-10-15(2,3)16/h4-8H,9-10,16H2,1-3H3. The summed E-state index contributed by atoms with van der Waals surface area (Å²) in [6, 6.07) is 8.18. The van der Waals surface area contributed by atoms with Crippen molar-refractivity contribution in [2.75, 3.05) is 5.75 Å². The van der Waals surface area contributed by atoms with Crippen molar-refractivity contribution in [1.29, 1.82) is 0 Å². The Morgan fingerprint density at radius 2 is 1.95 bits per heavy atom. The van der Waals surface area contributed by atoms with E-state index in [1.165, 1.54) is 5.56 Å². The highest BCUT2D eigenvalue weighted by Crippen LogP contribution is 2.22. The highest BCUT2D eigenvalue weighted by atomic mass is 32.2. The van der Waals surface area contributed by atoms with Crippen LogP contribution in [0.15, 0.2) is 34.9 Å². The van der Waals surface area contributed by atoms with Gasteiger partial charge in [-0.15, -0.1) is 0 Å². The van der Waals surface area contributed by atoms with Crippen LogP contribution in [0.4, 0.5) is 0 Å². The van der Waals surface area contributed by atoms with Crippen molar-refractivity contribution >= 4 is 11.8 Å². The fraction of sp³-hybridized carbons (Fsp3) is 0.400. The van der Waals surface area contributed by atoms with E-state index in [1.807, 2.05) is 26.0 Å². The molecule has 1 aromatic carbocycles. The van der Waals surface area contributed by atoms with Crippen molar-refractivity contribution in [2.45, 2.75) is 32.1 Å². The van der Waals surface area contributed by atoms with Gasteiger partial charge in [0.25, 0.3) is 0 Å². The molecule has 0 amide bonds. The Hall–Kier alpha value is -1.26. The van der Waals surface area contributed by atoms with Gasteiger partial charge in [-0.1, -0.05) is 17.7 Å². The Morgan fingerprint density at radius 3 is 2.58 bits per heavy atom. The van der Waals surface area contributed by atoms with E-state index in [4.69, 9.17) is 10.2 Å². The lowest BCUT2D eigenvalue weighted by Crippen LogP contribution is -2.34. The molecule has 3 nitrogen and oxygen atoms in total. The van der Waals surface area contributed by atoms with E-state index in [0.29, 0.717) is 5.89 Å². The van der Waals surface area contributed by atoms with Crippen molar-refractivity contribution in [3.8, 4) is 11.5 Å². The third kappa shape index (κ3) is 4.40. The molecule has 0 aliphatic carbocycles. The van der Waals surface area contributed by atoms with Crippen molar-refractivity contribution in [2.24, 2.45) is 5.73 Å². The first-order valence-corrected chi connectivity index (χ1v) is 7.47. The van der Waals surface area contributed by atoms with Crippen LogP contribution in [0.3, 0.4) is 0 Å². The van der Waals surface area contributed by atoms with Crippen LogP contribution in [-0.4, -0.2) is 16.3 Å². The van der Waals surface area contributed by atoms with E-state index in [1.54, 1.807) is 18.0 Å². The number of benzene rings is 1. The smallest absolute Gasteiger partial charge is 0.226 e. The molecule has 1 heterocycles. The number of nitrogens with two attached hydrogens (primary N) is 1. The van der Waals surface area contributed by atoms with Crippen molar-refractivity contribution < 1.29 is 4.42 Å². The van der Waals surface area contributed by atoms with Gasteiger partial charge < -0.3 is 10.2 Å². The van der Waals surface area contributed by atoms with Crippen molar-refractivity contribution in [3.63, 3.8) is 0 Å². The molecular formula is C15H20N2OS. The predicted octanol–water partition coefficient (Wildman–Crippen LogP) is 3.62. The molecule has 0 radical (unpaired) electrons. The Kier molecular flexibility index (Phi) is 4.32. The van der Waals surface area contributed by atoms with E-state index in [9.17, 15) is 0 Å². The van der Waals surface area contributed by atoms with Gasteiger partial charge in [-0.3, -0.25) is 0 Å². The second kappa shape index (κ2) is 5.80. The van der Waals surface area contributed by atoms with Crippen LogP contribution in [0, 0.1) is 6.92 Å². The molecule has 0 aliphatic rings. The second-order valence-corrected chi connectivity index (χ2v) is 6.48. The topological polar surface area (TPSA) is 52.0 Å². The summed E-state index contributed by atoms with van der Waals surface area (Å²) in [6.07, 6.45) is 1.73. The van der Waals surface area contributed by atoms with Gasteiger partial charge in [0.15, 0.2) is 0 Å². The van der Waals surface area contributed by atoms with Gasteiger partial charge >= 0.3 is 0 Å². The molecule has 2 N–H and O–H groups in total.